The van der Waals surface area contributed by atoms with Gasteiger partial charge in [0.15, 0.2) is 0 Å². The number of hydrogen-bond acceptors (Lipinski definition) is 3. The van der Waals surface area contributed by atoms with Crippen LogP contribution in [0.4, 0.5) is 4.39 Å². The largest absolute Gasteiger partial charge is 0.478 e. The summed E-state index contributed by atoms with van der Waals surface area (Å²) in [4.78, 5) is 11.0. The van der Waals surface area contributed by atoms with Gasteiger partial charge in [-0.3, -0.25) is 4.31 Å². The van der Waals surface area contributed by atoms with Crippen LogP contribution in [0, 0.1) is 5.82 Å². The molecule has 0 spiro atoms. The first-order valence-electron chi connectivity index (χ1n) is 5.58. The van der Waals surface area contributed by atoms with Crippen molar-refractivity contribution in [2.45, 2.75) is 13.5 Å². The van der Waals surface area contributed by atoms with Gasteiger partial charge in [-0.15, -0.1) is 4.40 Å². The van der Waals surface area contributed by atoms with Crippen LogP contribution < -0.4 is 0 Å². The summed E-state index contributed by atoms with van der Waals surface area (Å²) in [7, 11) is -4.04. The van der Waals surface area contributed by atoms with E-state index in [1.54, 1.807) is 6.07 Å². The first-order valence-corrected chi connectivity index (χ1v) is 6.98. The fourth-order valence-corrected chi connectivity index (χ4v) is 2.80. The molecule has 8 heteroatoms. The standard InChI is InChI=1S/C12H11FN2O4S/c1-8-10(12(16)17)7-15(20(18,19)14-8)6-9-4-2-3-5-11(9)13/h2-5,7H,6H2,1H3,(H,16,17). The molecule has 0 radical (unpaired) electrons. The predicted octanol–water partition coefficient (Wildman–Crippen LogP) is 1.32. The molecule has 1 N–H and O–H groups in total. The van der Waals surface area contributed by atoms with Crippen molar-refractivity contribution in [2.24, 2.45) is 4.40 Å². The molecule has 0 bridgehead atoms. The third-order valence-corrected chi connectivity index (χ3v) is 4.06. The molecule has 0 fully saturated rings. The Morgan fingerprint density at radius 3 is 2.65 bits per heavy atom. The molecule has 0 aromatic heterocycles. The lowest BCUT2D eigenvalue weighted by Crippen LogP contribution is -2.31. The second-order valence-electron chi connectivity index (χ2n) is 4.14. The van der Waals surface area contributed by atoms with E-state index in [0.717, 1.165) is 6.20 Å². The van der Waals surface area contributed by atoms with Crippen LogP contribution in [-0.2, 0) is 21.5 Å². The maximum Gasteiger partial charge on any atom is 0.344 e. The Morgan fingerprint density at radius 1 is 1.40 bits per heavy atom. The lowest BCUT2D eigenvalue weighted by molar-refractivity contribution is -0.132. The van der Waals surface area contributed by atoms with Crippen molar-refractivity contribution < 1.29 is 22.7 Å². The SMILES string of the molecule is CC1=NS(=O)(=O)N(Cc2ccccc2F)C=C1C(=O)O. The van der Waals surface area contributed by atoms with Crippen LogP contribution in [0.1, 0.15) is 12.5 Å². The Kier molecular flexibility index (Phi) is 3.58. The first kappa shape index (κ1) is 14.2. The number of carboxylic acids is 1. The van der Waals surface area contributed by atoms with Crippen molar-refractivity contribution in [3.05, 3.63) is 47.4 Å². The highest BCUT2D eigenvalue weighted by molar-refractivity contribution is 7.88. The van der Waals surface area contributed by atoms with Crippen molar-refractivity contribution >= 4 is 21.9 Å². The van der Waals surface area contributed by atoms with Crippen LogP contribution in [0.25, 0.3) is 0 Å². The van der Waals surface area contributed by atoms with Gasteiger partial charge in [0.1, 0.15) is 5.82 Å². The first-order chi connectivity index (χ1) is 9.31. The second kappa shape index (κ2) is 5.04. The summed E-state index contributed by atoms with van der Waals surface area (Å²) in [5.41, 5.74) is -0.217. The summed E-state index contributed by atoms with van der Waals surface area (Å²) in [5.74, 6) is -1.86. The van der Waals surface area contributed by atoms with Crippen LogP contribution in [0.2, 0.25) is 0 Å². The average Bonchev–Trinajstić information content (AvgIpc) is 2.33. The van der Waals surface area contributed by atoms with Crippen molar-refractivity contribution in [1.82, 2.24) is 4.31 Å². The maximum atomic E-state index is 13.5. The zero-order valence-corrected chi connectivity index (χ0v) is 11.3. The number of benzene rings is 1. The minimum Gasteiger partial charge on any atom is -0.478 e. The number of carbonyl (C=O) groups is 1. The highest BCUT2D eigenvalue weighted by Gasteiger charge is 2.28. The maximum absolute atomic E-state index is 13.5. The minimum absolute atomic E-state index is 0.109. The third-order valence-electron chi connectivity index (χ3n) is 2.73. The Balaban J connectivity index is 2.40. The minimum atomic E-state index is -4.04. The lowest BCUT2D eigenvalue weighted by atomic mass is 10.2. The molecule has 0 unspecified atom stereocenters. The number of hydrogen-bond donors (Lipinski definition) is 1. The van der Waals surface area contributed by atoms with Gasteiger partial charge in [0, 0.05) is 11.8 Å². The summed E-state index contributed by atoms with van der Waals surface area (Å²) in [6.07, 6.45) is 0.951. The van der Waals surface area contributed by atoms with Gasteiger partial charge in [-0.2, -0.15) is 8.42 Å². The molecule has 6 nitrogen and oxygen atoms in total. The zero-order chi connectivity index (χ0) is 14.9. The van der Waals surface area contributed by atoms with Crippen LogP contribution in [0.15, 0.2) is 40.4 Å². The van der Waals surface area contributed by atoms with Crippen LogP contribution in [-0.4, -0.2) is 29.5 Å². The molecule has 0 aliphatic carbocycles. The van der Waals surface area contributed by atoms with Crippen molar-refractivity contribution in [2.75, 3.05) is 0 Å². The monoisotopic (exact) mass is 298 g/mol. The van der Waals surface area contributed by atoms with E-state index in [4.69, 9.17) is 5.11 Å². The number of nitrogens with zero attached hydrogens (tertiary/aromatic N) is 2. The normalized spacial score (nSPS) is 17.4. The molecule has 1 heterocycles. The summed E-state index contributed by atoms with van der Waals surface area (Å²) < 4.78 is 41.3. The Bertz CT molecular complexity index is 725. The lowest BCUT2D eigenvalue weighted by Gasteiger charge is -2.22. The van der Waals surface area contributed by atoms with E-state index in [1.807, 2.05) is 0 Å². The molecule has 1 aliphatic rings. The molecule has 0 atom stereocenters. The summed E-state index contributed by atoms with van der Waals surface area (Å²) in [5, 5.41) is 8.97. The van der Waals surface area contributed by atoms with Crippen molar-refractivity contribution in [1.29, 1.82) is 0 Å². The Hall–Kier alpha value is -2.22. The fourth-order valence-electron chi connectivity index (χ4n) is 1.71. The van der Waals surface area contributed by atoms with Gasteiger partial charge in [-0.05, 0) is 13.0 Å². The van der Waals surface area contributed by atoms with Gasteiger partial charge < -0.3 is 5.11 Å². The Morgan fingerprint density at radius 2 is 2.05 bits per heavy atom. The van der Waals surface area contributed by atoms with Crippen LogP contribution >= 0.6 is 0 Å². The van der Waals surface area contributed by atoms with Gasteiger partial charge in [0.2, 0.25) is 0 Å². The van der Waals surface area contributed by atoms with Gasteiger partial charge in [-0.1, -0.05) is 18.2 Å². The quantitative estimate of drug-likeness (QED) is 0.911. The molecule has 0 amide bonds. The van der Waals surface area contributed by atoms with E-state index in [9.17, 15) is 17.6 Å². The van der Waals surface area contributed by atoms with Gasteiger partial charge in [0.25, 0.3) is 0 Å². The van der Waals surface area contributed by atoms with Gasteiger partial charge >= 0.3 is 16.2 Å². The molecule has 0 saturated heterocycles. The average molecular weight is 298 g/mol. The third kappa shape index (κ3) is 2.69. The van der Waals surface area contributed by atoms with E-state index in [0.29, 0.717) is 4.31 Å². The molecular formula is C12H11FN2O4S. The molecule has 0 saturated carbocycles. The number of halogens is 1. The highest BCUT2D eigenvalue weighted by atomic mass is 32.2. The van der Waals surface area contributed by atoms with Crippen molar-refractivity contribution in [3.63, 3.8) is 0 Å². The summed E-state index contributed by atoms with van der Waals surface area (Å²) >= 11 is 0. The van der Waals surface area contributed by atoms with E-state index in [1.165, 1.54) is 25.1 Å². The number of rotatable bonds is 3. The molecule has 1 aliphatic heterocycles. The Labute approximate surface area is 115 Å². The van der Waals surface area contributed by atoms with E-state index >= 15 is 0 Å². The summed E-state index contributed by atoms with van der Waals surface area (Å²) in [6.45, 7) is 0.973. The predicted molar refractivity (Wildman–Crippen MR) is 69.7 cm³/mol. The topological polar surface area (TPSA) is 87.0 Å². The molecule has 2 rings (SSSR count). The van der Waals surface area contributed by atoms with E-state index in [2.05, 4.69) is 4.40 Å². The number of aliphatic carboxylic acids is 1. The fraction of sp³-hybridized carbons (Fsp3) is 0.167. The van der Waals surface area contributed by atoms with Gasteiger partial charge in [0.05, 0.1) is 17.8 Å². The second-order valence-corrected chi connectivity index (χ2v) is 5.69. The van der Waals surface area contributed by atoms with Gasteiger partial charge in [-0.25, -0.2) is 9.18 Å². The van der Waals surface area contributed by atoms with Crippen molar-refractivity contribution in [3.8, 4) is 0 Å². The number of carboxylic acid groups (broad SMARTS) is 1. The molecule has 20 heavy (non-hydrogen) atoms. The molecule has 1 aromatic rings. The van der Waals surface area contributed by atoms with E-state index < -0.39 is 22.0 Å². The molecule has 1 aromatic carbocycles. The molecular weight excluding hydrogens is 287 g/mol. The molecule has 106 valence electrons. The van der Waals surface area contributed by atoms with E-state index in [-0.39, 0.29) is 23.4 Å². The van der Waals surface area contributed by atoms with Crippen LogP contribution in [0.5, 0.6) is 0 Å². The smallest absolute Gasteiger partial charge is 0.344 e. The summed E-state index contributed by atoms with van der Waals surface area (Å²) in [6, 6.07) is 5.65. The van der Waals surface area contributed by atoms with Crippen LogP contribution in [0.3, 0.4) is 0 Å². The zero-order valence-electron chi connectivity index (χ0n) is 10.4. The highest BCUT2D eigenvalue weighted by Crippen LogP contribution is 2.20.